The molecule has 0 radical (unpaired) electrons. The topological polar surface area (TPSA) is 39.9 Å². The minimum absolute atomic E-state index is 0.576. The molecule has 6 heteroatoms. The van der Waals surface area contributed by atoms with Crippen LogP contribution in [0.2, 0.25) is 0 Å². The lowest BCUT2D eigenvalue weighted by atomic mass is 10.2. The minimum Gasteiger partial charge on any atom is -0.496 e. The van der Waals surface area contributed by atoms with Gasteiger partial charge in [-0.1, -0.05) is 48.2 Å². The molecule has 0 bridgehead atoms. The van der Waals surface area contributed by atoms with Crippen LogP contribution in [0.4, 0.5) is 0 Å². The van der Waals surface area contributed by atoms with Crippen molar-refractivity contribution in [3.8, 4) is 17.1 Å². The highest BCUT2D eigenvalue weighted by Gasteiger charge is 2.16. The van der Waals surface area contributed by atoms with Gasteiger partial charge in [0.05, 0.1) is 12.7 Å². The number of hydrogen-bond acceptors (Lipinski definition) is 4. The van der Waals surface area contributed by atoms with Gasteiger partial charge in [-0.05, 0) is 12.1 Å². The first-order valence-corrected chi connectivity index (χ1v) is 7.67. The smallest absolute Gasteiger partial charge is 0.192 e. The van der Waals surface area contributed by atoms with Gasteiger partial charge in [-0.2, -0.15) is 0 Å². The molecule has 110 valence electrons. The van der Waals surface area contributed by atoms with Crippen LogP contribution < -0.4 is 4.74 Å². The number of nitrogens with zero attached hydrogens (tertiary/aromatic N) is 3. The van der Waals surface area contributed by atoms with Gasteiger partial charge >= 0.3 is 0 Å². The highest BCUT2D eigenvalue weighted by atomic mass is 35.5. The van der Waals surface area contributed by atoms with Crippen LogP contribution in [-0.4, -0.2) is 27.6 Å². The molecule has 0 saturated heterocycles. The number of para-hydroxylation sites is 1. The van der Waals surface area contributed by atoms with E-state index in [1.807, 2.05) is 34.9 Å². The van der Waals surface area contributed by atoms with Gasteiger partial charge in [0.1, 0.15) is 5.75 Å². The third-order valence-electron chi connectivity index (χ3n) is 2.73. The second kappa shape index (κ2) is 7.33. The number of halogens is 1. The summed E-state index contributed by atoms with van der Waals surface area (Å²) in [6, 6.07) is 7.72. The monoisotopic (exact) mass is 321 g/mol. The average Bonchev–Trinajstić information content (AvgIpc) is 2.88. The zero-order valence-corrected chi connectivity index (χ0v) is 13.3. The van der Waals surface area contributed by atoms with Crippen molar-refractivity contribution < 1.29 is 4.74 Å². The molecular formula is C15H16ClN3OS. The molecule has 2 aromatic rings. The maximum atomic E-state index is 5.82. The SMILES string of the molecule is C=CCn1c(SCC(=C)Cl)nnc1-c1ccccc1OC. The van der Waals surface area contributed by atoms with E-state index in [2.05, 4.69) is 23.4 Å². The van der Waals surface area contributed by atoms with Crippen molar-refractivity contribution >= 4 is 23.4 Å². The number of rotatable bonds is 7. The highest BCUT2D eigenvalue weighted by Crippen LogP contribution is 2.31. The van der Waals surface area contributed by atoms with Crippen molar-refractivity contribution in [2.45, 2.75) is 11.7 Å². The van der Waals surface area contributed by atoms with E-state index in [1.54, 1.807) is 7.11 Å². The van der Waals surface area contributed by atoms with Crippen LogP contribution in [0.5, 0.6) is 5.75 Å². The summed E-state index contributed by atoms with van der Waals surface area (Å²) in [5.74, 6) is 2.09. The molecule has 1 aromatic carbocycles. The Bertz CT molecular complexity index is 654. The lowest BCUT2D eigenvalue weighted by molar-refractivity contribution is 0.416. The van der Waals surface area contributed by atoms with Crippen molar-refractivity contribution in [3.05, 3.63) is 48.5 Å². The molecule has 0 saturated carbocycles. The molecule has 0 aliphatic rings. The molecule has 1 heterocycles. The normalized spacial score (nSPS) is 10.4. The van der Waals surface area contributed by atoms with Gasteiger partial charge in [-0.25, -0.2) is 0 Å². The fourth-order valence-corrected chi connectivity index (χ4v) is 2.73. The second-order valence-corrected chi connectivity index (χ2v) is 5.69. The van der Waals surface area contributed by atoms with Gasteiger partial charge < -0.3 is 4.74 Å². The van der Waals surface area contributed by atoms with Crippen LogP contribution in [-0.2, 0) is 6.54 Å². The van der Waals surface area contributed by atoms with Crippen LogP contribution in [0.3, 0.4) is 0 Å². The Kier molecular flexibility index (Phi) is 5.47. The minimum atomic E-state index is 0.576. The summed E-state index contributed by atoms with van der Waals surface area (Å²) in [4.78, 5) is 0. The molecule has 21 heavy (non-hydrogen) atoms. The molecule has 4 nitrogen and oxygen atoms in total. The second-order valence-electron chi connectivity index (χ2n) is 4.21. The van der Waals surface area contributed by atoms with Gasteiger partial charge in [-0.15, -0.1) is 16.8 Å². The Balaban J connectivity index is 2.43. The maximum absolute atomic E-state index is 5.82. The average molecular weight is 322 g/mol. The van der Waals surface area contributed by atoms with Crippen molar-refractivity contribution in [1.29, 1.82) is 0 Å². The highest BCUT2D eigenvalue weighted by molar-refractivity contribution is 7.99. The van der Waals surface area contributed by atoms with E-state index < -0.39 is 0 Å². The van der Waals surface area contributed by atoms with E-state index in [4.69, 9.17) is 16.3 Å². The van der Waals surface area contributed by atoms with Gasteiger partial charge in [-0.3, -0.25) is 4.57 Å². The van der Waals surface area contributed by atoms with Crippen molar-refractivity contribution in [3.63, 3.8) is 0 Å². The van der Waals surface area contributed by atoms with Crippen LogP contribution in [0.1, 0.15) is 0 Å². The van der Waals surface area contributed by atoms with Gasteiger partial charge in [0.25, 0.3) is 0 Å². The van der Waals surface area contributed by atoms with Gasteiger partial charge in [0.2, 0.25) is 0 Å². The summed E-state index contributed by atoms with van der Waals surface area (Å²) < 4.78 is 7.37. The fourth-order valence-electron chi connectivity index (χ4n) is 1.86. The maximum Gasteiger partial charge on any atom is 0.192 e. The Morgan fingerprint density at radius 3 is 2.86 bits per heavy atom. The Morgan fingerprint density at radius 1 is 1.43 bits per heavy atom. The molecule has 0 aliphatic heterocycles. The van der Waals surface area contributed by atoms with E-state index in [9.17, 15) is 0 Å². The Labute approximate surface area is 133 Å². The van der Waals surface area contributed by atoms with Crippen LogP contribution >= 0.6 is 23.4 Å². The first-order valence-electron chi connectivity index (χ1n) is 6.31. The third kappa shape index (κ3) is 3.68. The van der Waals surface area contributed by atoms with Crippen molar-refractivity contribution in [2.24, 2.45) is 0 Å². The van der Waals surface area contributed by atoms with E-state index in [1.165, 1.54) is 11.8 Å². The summed E-state index contributed by atoms with van der Waals surface area (Å²) in [6.45, 7) is 8.08. The van der Waals surface area contributed by atoms with E-state index in [-0.39, 0.29) is 0 Å². The molecule has 0 spiro atoms. The lowest BCUT2D eigenvalue weighted by Gasteiger charge is -2.10. The Morgan fingerprint density at radius 2 is 2.19 bits per heavy atom. The number of methoxy groups -OCH3 is 1. The van der Waals surface area contributed by atoms with E-state index in [0.29, 0.717) is 17.3 Å². The first kappa shape index (κ1) is 15.7. The number of thioether (sulfide) groups is 1. The third-order valence-corrected chi connectivity index (χ3v) is 4.08. The molecule has 0 N–H and O–H groups in total. The van der Waals surface area contributed by atoms with Crippen LogP contribution in [0.15, 0.2) is 53.7 Å². The lowest BCUT2D eigenvalue weighted by Crippen LogP contribution is -2.02. The molecule has 0 aliphatic carbocycles. The van der Waals surface area contributed by atoms with E-state index >= 15 is 0 Å². The number of hydrogen-bond donors (Lipinski definition) is 0. The molecule has 2 rings (SSSR count). The largest absolute Gasteiger partial charge is 0.496 e. The number of aromatic nitrogens is 3. The summed E-state index contributed by atoms with van der Waals surface area (Å²) in [7, 11) is 1.64. The van der Waals surface area contributed by atoms with Crippen molar-refractivity contribution in [2.75, 3.05) is 12.9 Å². The quantitative estimate of drug-likeness (QED) is 0.571. The van der Waals surface area contributed by atoms with Gasteiger partial charge in [0.15, 0.2) is 11.0 Å². The summed E-state index contributed by atoms with van der Waals surface area (Å²) >= 11 is 7.31. The van der Waals surface area contributed by atoms with Gasteiger partial charge in [0, 0.05) is 17.3 Å². The Hall–Kier alpha value is -1.72. The zero-order valence-electron chi connectivity index (χ0n) is 11.8. The zero-order chi connectivity index (χ0) is 15.2. The molecule has 0 atom stereocenters. The van der Waals surface area contributed by atoms with E-state index in [0.717, 1.165) is 22.3 Å². The first-order chi connectivity index (χ1) is 10.2. The van der Waals surface area contributed by atoms with Crippen molar-refractivity contribution in [1.82, 2.24) is 14.8 Å². The molecule has 0 fully saturated rings. The standard InChI is InChI=1S/C15H16ClN3OS/c1-4-9-19-14(12-7-5-6-8-13(12)20-3)17-18-15(19)21-10-11(2)16/h4-8H,1-2,9-10H2,3H3. The van der Waals surface area contributed by atoms with Crippen LogP contribution in [0, 0.1) is 0 Å². The predicted molar refractivity (Wildman–Crippen MR) is 87.9 cm³/mol. The molecular weight excluding hydrogens is 306 g/mol. The molecule has 0 unspecified atom stereocenters. The number of ether oxygens (including phenoxy) is 1. The fraction of sp³-hybridized carbons (Fsp3) is 0.200. The summed E-state index contributed by atoms with van der Waals surface area (Å²) in [5.41, 5.74) is 0.894. The summed E-state index contributed by atoms with van der Waals surface area (Å²) in [6.07, 6.45) is 1.81. The number of allylic oxidation sites excluding steroid dienone is 1. The molecule has 0 amide bonds. The number of benzene rings is 1. The van der Waals surface area contributed by atoms with Crippen LogP contribution in [0.25, 0.3) is 11.4 Å². The molecule has 1 aromatic heterocycles. The summed E-state index contributed by atoms with van der Waals surface area (Å²) in [5, 5.41) is 9.87. The predicted octanol–water partition coefficient (Wildman–Crippen LogP) is 3.98.